The maximum absolute atomic E-state index is 13.4. The van der Waals surface area contributed by atoms with E-state index in [1.165, 1.54) is 6.07 Å². The van der Waals surface area contributed by atoms with Crippen LogP contribution < -0.4 is 4.90 Å². The van der Waals surface area contributed by atoms with Crippen LogP contribution in [0.2, 0.25) is 0 Å². The van der Waals surface area contributed by atoms with E-state index in [1.807, 2.05) is 18.9 Å². The molecule has 0 amide bonds. The number of rotatable bonds is 2. The van der Waals surface area contributed by atoms with Crippen LogP contribution in [-0.2, 0) is 11.5 Å². The summed E-state index contributed by atoms with van der Waals surface area (Å²) in [4.78, 5) is 4.06. The van der Waals surface area contributed by atoms with Crippen molar-refractivity contribution >= 4 is 21.6 Å². The van der Waals surface area contributed by atoms with Gasteiger partial charge in [-0.3, -0.25) is 0 Å². The van der Waals surface area contributed by atoms with Crippen molar-refractivity contribution in [2.45, 2.75) is 30.9 Å². The van der Waals surface area contributed by atoms with Gasteiger partial charge < -0.3 is 9.80 Å². The van der Waals surface area contributed by atoms with Gasteiger partial charge in [0.25, 0.3) is 0 Å². The zero-order valence-corrected chi connectivity index (χ0v) is 13.8. The molecule has 118 valence electrons. The lowest BCUT2D eigenvalue weighted by Gasteiger charge is -2.32. The number of alkyl halides is 4. The summed E-state index contributed by atoms with van der Waals surface area (Å²) >= 11 is 3.22. The Morgan fingerprint density at radius 2 is 2.00 bits per heavy atom. The molecule has 0 aliphatic carbocycles. The average Bonchev–Trinajstić information content (AvgIpc) is 2.57. The Hall–Kier alpha value is -0.750. The molecule has 0 saturated carbocycles. The van der Waals surface area contributed by atoms with Crippen LogP contribution in [0.3, 0.4) is 0 Å². The highest BCUT2D eigenvalue weighted by atomic mass is 79.9. The minimum Gasteiger partial charge on any atom is -0.367 e. The fraction of sp³-hybridized carbons (Fsp3) is 0.600. The van der Waals surface area contributed by atoms with Crippen LogP contribution in [0.1, 0.15) is 24.5 Å². The number of benzene rings is 1. The van der Waals surface area contributed by atoms with Gasteiger partial charge in [0.2, 0.25) is 0 Å². The van der Waals surface area contributed by atoms with Crippen molar-refractivity contribution in [1.29, 1.82) is 0 Å². The first-order valence-corrected chi connectivity index (χ1v) is 8.16. The maximum Gasteiger partial charge on any atom is 0.418 e. The molecule has 1 aliphatic rings. The molecule has 0 radical (unpaired) electrons. The molecule has 2 rings (SSSR count). The topological polar surface area (TPSA) is 6.48 Å². The number of halogens is 4. The summed E-state index contributed by atoms with van der Waals surface area (Å²) in [7, 11) is 2.01. The SMILES string of the molecule is CC1CN(C)CCCN1c1ccc(CBr)cc1C(F)(F)F. The van der Waals surface area contributed by atoms with E-state index < -0.39 is 11.7 Å². The normalized spacial score (nSPS) is 21.4. The third-order valence-corrected chi connectivity index (χ3v) is 4.52. The Morgan fingerprint density at radius 1 is 1.29 bits per heavy atom. The zero-order valence-electron chi connectivity index (χ0n) is 12.3. The fourth-order valence-electron chi connectivity index (χ4n) is 2.87. The first kappa shape index (κ1) is 16.6. The molecule has 6 heteroatoms. The Labute approximate surface area is 132 Å². The number of hydrogen-bond acceptors (Lipinski definition) is 2. The van der Waals surface area contributed by atoms with E-state index in [0.29, 0.717) is 23.1 Å². The van der Waals surface area contributed by atoms with E-state index in [-0.39, 0.29) is 6.04 Å². The first-order valence-electron chi connectivity index (χ1n) is 7.04. The number of likely N-dealkylation sites (N-methyl/N-ethyl adjacent to an activating group) is 1. The van der Waals surface area contributed by atoms with Gasteiger partial charge in [-0.1, -0.05) is 22.0 Å². The number of nitrogens with zero attached hydrogens (tertiary/aromatic N) is 2. The summed E-state index contributed by atoms with van der Waals surface area (Å²) in [5.41, 5.74) is 0.413. The van der Waals surface area contributed by atoms with E-state index in [4.69, 9.17) is 0 Å². The highest BCUT2D eigenvalue weighted by Crippen LogP contribution is 2.38. The van der Waals surface area contributed by atoms with E-state index in [9.17, 15) is 13.2 Å². The van der Waals surface area contributed by atoms with Crippen molar-refractivity contribution in [3.05, 3.63) is 29.3 Å². The van der Waals surface area contributed by atoms with Gasteiger partial charge in [0.05, 0.1) is 5.56 Å². The van der Waals surface area contributed by atoms with Crippen molar-refractivity contribution in [1.82, 2.24) is 4.90 Å². The standard InChI is InChI=1S/C15H20BrF3N2/c1-11-10-20(2)6-3-7-21(11)14-5-4-12(9-16)8-13(14)15(17,18)19/h4-5,8,11H,3,6-7,9-10H2,1-2H3. The van der Waals surface area contributed by atoms with Gasteiger partial charge in [0.15, 0.2) is 0 Å². The van der Waals surface area contributed by atoms with Crippen LogP contribution in [0.15, 0.2) is 18.2 Å². The monoisotopic (exact) mass is 364 g/mol. The molecular formula is C15H20BrF3N2. The smallest absolute Gasteiger partial charge is 0.367 e. The quantitative estimate of drug-likeness (QED) is 0.728. The van der Waals surface area contributed by atoms with E-state index >= 15 is 0 Å². The minimum atomic E-state index is -4.33. The predicted octanol–water partition coefficient (Wildman–Crippen LogP) is 4.13. The van der Waals surface area contributed by atoms with Gasteiger partial charge in [0, 0.05) is 30.1 Å². The largest absolute Gasteiger partial charge is 0.418 e. The van der Waals surface area contributed by atoms with Crippen molar-refractivity contribution in [3.8, 4) is 0 Å². The molecule has 0 bridgehead atoms. The molecule has 1 atom stereocenters. The van der Waals surface area contributed by atoms with Crippen molar-refractivity contribution in [2.75, 3.05) is 31.6 Å². The van der Waals surface area contributed by atoms with Gasteiger partial charge >= 0.3 is 6.18 Å². The van der Waals surface area contributed by atoms with Crippen LogP contribution in [0.25, 0.3) is 0 Å². The Kier molecular flexibility index (Phi) is 5.20. The summed E-state index contributed by atoms with van der Waals surface area (Å²) in [6, 6.07) is 4.70. The molecule has 0 aromatic heterocycles. The Morgan fingerprint density at radius 3 is 2.62 bits per heavy atom. The third-order valence-electron chi connectivity index (χ3n) is 3.88. The summed E-state index contributed by atoms with van der Waals surface area (Å²) in [5, 5.41) is 0.425. The predicted molar refractivity (Wildman–Crippen MR) is 83.0 cm³/mol. The molecule has 0 N–H and O–H groups in total. The molecule has 1 heterocycles. The second kappa shape index (κ2) is 6.57. The summed E-state index contributed by atoms with van der Waals surface area (Å²) in [6.45, 7) is 4.34. The fourth-order valence-corrected chi connectivity index (χ4v) is 3.22. The molecule has 21 heavy (non-hydrogen) atoms. The lowest BCUT2D eigenvalue weighted by atomic mass is 10.1. The molecule has 1 fully saturated rings. The first-order chi connectivity index (χ1) is 9.82. The van der Waals surface area contributed by atoms with Gasteiger partial charge in [-0.05, 0) is 44.6 Å². The molecule has 1 aromatic carbocycles. The summed E-state index contributed by atoms with van der Waals surface area (Å²) in [5.74, 6) is 0. The van der Waals surface area contributed by atoms with Crippen LogP contribution in [0.5, 0.6) is 0 Å². The van der Waals surface area contributed by atoms with Crippen molar-refractivity contribution in [2.24, 2.45) is 0 Å². The highest BCUT2D eigenvalue weighted by molar-refractivity contribution is 9.08. The molecule has 1 aromatic rings. The summed E-state index contributed by atoms with van der Waals surface area (Å²) in [6.07, 6.45) is -3.45. The summed E-state index contributed by atoms with van der Waals surface area (Å²) < 4.78 is 40.1. The Bertz CT molecular complexity index is 490. The second-order valence-electron chi connectivity index (χ2n) is 5.64. The zero-order chi connectivity index (χ0) is 15.6. The number of hydrogen-bond donors (Lipinski definition) is 0. The van der Waals surface area contributed by atoms with Crippen LogP contribution >= 0.6 is 15.9 Å². The average molecular weight is 365 g/mol. The van der Waals surface area contributed by atoms with Crippen LogP contribution in [0.4, 0.5) is 18.9 Å². The molecule has 1 aliphatic heterocycles. The van der Waals surface area contributed by atoms with Crippen molar-refractivity contribution < 1.29 is 13.2 Å². The van der Waals surface area contributed by atoms with E-state index in [1.54, 1.807) is 12.1 Å². The van der Waals surface area contributed by atoms with Crippen molar-refractivity contribution in [3.63, 3.8) is 0 Å². The molecule has 2 nitrogen and oxygen atoms in total. The lowest BCUT2D eigenvalue weighted by Crippen LogP contribution is -2.39. The molecular weight excluding hydrogens is 345 g/mol. The molecule has 1 unspecified atom stereocenters. The Balaban J connectivity index is 2.42. The van der Waals surface area contributed by atoms with Gasteiger partial charge in [-0.2, -0.15) is 13.2 Å². The second-order valence-corrected chi connectivity index (χ2v) is 6.20. The minimum absolute atomic E-state index is 0.0634. The molecule has 1 saturated heterocycles. The highest BCUT2D eigenvalue weighted by Gasteiger charge is 2.36. The van der Waals surface area contributed by atoms with Crippen LogP contribution in [0, 0.1) is 0 Å². The lowest BCUT2D eigenvalue weighted by molar-refractivity contribution is -0.137. The number of anilines is 1. The molecule has 0 spiro atoms. The van der Waals surface area contributed by atoms with Gasteiger partial charge in [-0.25, -0.2) is 0 Å². The van der Waals surface area contributed by atoms with Gasteiger partial charge in [-0.15, -0.1) is 0 Å². The van der Waals surface area contributed by atoms with Crippen LogP contribution in [-0.4, -0.2) is 37.6 Å². The maximum atomic E-state index is 13.4. The van der Waals surface area contributed by atoms with E-state index in [0.717, 1.165) is 19.5 Å². The van der Waals surface area contributed by atoms with E-state index in [2.05, 4.69) is 20.8 Å². The van der Waals surface area contributed by atoms with Gasteiger partial charge in [0.1, 0.15) is 0 Å². The third kappa shape index (κ3) is 3.92.